The van der Waals surface area contributed by atoms with E-state index in [0.717, 1.165) is 88.6 Å². The van der Waals surface area contributed by atoms with Crippen molar-refractivity contribution in [2.24, 2.45) is 0 Å². The van der Waals surface area contributed by atoms with Crippen molar-refractivity contribution in [2.75, 3.05) is 0 Å². The van der Waals surface area contributed by atoms with Gasteiger partial charge in [-0.25, -0.2) is 4.98 Å². The molecule has 0 spiro atoms. The van der Waals surface area contributed by atoms with Crippen LogP contribution in [0.5, 0.6) is 0 Å². The van der Waals surface area contributed by atoms with Crippen LogP contribution in [0.3, 0.4) is 0 Å². The van der Waals surface area contributed by atoms with E-state index in [2.05, 4.69) is 137 Å². The zero-order chi connectivity index (χ0) is 33.9. The number of furan rings is 2. The van der Waals surface area contributed by atoms with Crippen molar-refractivity contribution in [3.8, 4) is 22.6 Å². The summed E-state index contributed by atoms with van der Waals surface area (Å²) in [5, 5.41) is 9.15. The summed E-state index contributed by atoms with van der Waals surface area (Å²) in [5.74, 6) is 0.793. The first kappa shape index (κ1) is 27.7. The van der Waals surface area contributed by atoms with Crippen LogP contribution in [0.15, 0.2) is 173 Å². The third-order valence-corrected chi connectivity index (χ3v) is 10.8. The summed E-state index contributed by atoms with van der Waals surface area (Å²) in [7, 11) is 0. The molecule has 0 saturated carbocycles. The molecule has 0 amide bonds. The molecule has 0 aliphatic heterocycles. The summed E-state index contributed by atoms with van der Waals surface area (Å²) < 4.78 is 17.6. The van der Waals surface area contributed by atoms with E-state index in [4.69, 9.17) is 13.8 Å². The Balaban J connectivity index is 1.07. The second kappa shape index (κ2) is 10.2. The Hall–Kier alpha value is -7.11. The minimum Gasteiger partial charge on any atom is -0.454 e. The van der Waals surface area contributed by atoms with E-state index in [1.54, 1.807) is 0 Å². The fourth-order valence-electron chi connectivity index (χ4n) is 8.50. The zero-order valence-corrected chi connectivity index (χ0v) is 27.7. The van der Waals surface area contributed by atoms with Gasteiger partial charge in [0.25, 0.3) is 0 Å². The van der Waals surface area contributed by atoms with Crippen molar-refractivity contribution in [3.05, 3.63) is 164 Å². The first-order valence-corrected chi connectivity index (χ1v) is 17.5. The molecule has 52 heavy (non-hydrogen) atoms. The lowest BCUT2D eigenvalue weighted by molar-refractivity contribution is 0.663. The van der Waals surface area contributed by atoms with Gasteiger partial charge in [0.05, 0.1) is 27.8 Å². The van der Waals surface area contributed by atoms with E-state index in [1.807, 2.05) is 36.5 Å². The largest absolute Gasteiger partial charge is 0.454 e. The highest BCUT2D eigenvalue weighted by Gasteiger charge is 2.21. The molecule has 0 N–H and O–H groups in total. The molecule has 5 nitrogen and oxygen atoms in total. The fraction of sp³-hybridized carbons (Fsp3) is 0. The predicted octanol–water partition coefficient (Wildman–Crippen LogP) is 12.7. The molecule has 0 bridgehead atoms. The van der Waals surface area contributed by atoms with Gasteiger partial charge < -0.3 is 13.4 Å². The molecule has 5 heteroatoms. The first-order chi connectivity index (χ1) is 25.8. The number of rotatable bonds is 3. The van der Waals surface area contributed by atoms with Crippen molar-refractivity contribution in [1.29, 1.82) is 0 Å². The minimum absolute atomic E-state index is 0.788. The van der Waals surface area contributed by atoms with Crippen LogP contribution in [0.25, 0.3) is 110 Å². The van der Waals surface area contributed by atoms with Gasteiger partial charge in [-0.05, 0) is 71.8 Å². The first-order valence-electron chi connectivity index (χ1n) is 17.5. The molecule has 0 saturated heterocycles. The molecule has 0 aliphatic rings. The Bertz CT molecular complexity index is 3200. The number of aromatic nitrogens is 3. The van der Waals surface area contributed by atoms with Crippen LogP contribution in [0.1, 0.15) is 0 Å². The van der Waals surface area contributed by atoms with E-state index >= 15 is 0 Å². The fourth-order valence-corrected chi connectivity index (χ4v) is 8.50. The number of hydrogen-bond acceptors (Lipinski definition) is 3. The molecule has 12 aromatic rings. The van der Waals surface area contributed by atoms with Gasteiger partial charge in [0.1, 0.15) is 11.2 Å². The second-order valence-corrected chi connectivity index (χ2v) is 13.5. The van der Waals surface area contributed by atoms with Crippen molar-refractivity contribution in [1.82, 2.24) is 14.1 Å². The quantitative estimate of drug-likeness (QED) is 0.189. The van der Waals surface area contributed by atoms with Gasteiger partial charge in [-0.2, -0.15) is 0 Å². The third-order valence-electron chi connectivity index (χ3n) is 10.8. The topological polar surface area (TPSA) is 49.0 Å². The van der Waals surface area contributed by atoms with E-state index in [1.165, 1.54) is 21.5 Å². The van der Waals surface area contributed by atoms with Crippen molar-refractivity contribution >= 4 is 87.5 Å². The summed E-state index contributed by atoms with van der Waals surface area (Å²) in [6.45, 7) is 0. The van der Waals surface area contributed by atoms with Crippen LogP contribution in [0.2, 0.25) is 0 Å². The monoisotopic (exact) mass is 665 g/mol. The van der Waals surface area contributed by atoms with E-state index in [-0.39, 0.29) is 0 Å². The molecule has 242 valence electrons. The summed E-state index contributed by atoms with van der Waals surface area (Å²) in [6.07, 6.45) is 1.88. The van der Waals surface area contributed by atoms with Crippen LogP contribution in [-0.2, 0) is 0 Å². The maximum absolute atomic E-state index is 6.51. The van der Waals surface area contributed by atoms with Gasteiger partial charge in [-0.15, -0.1) is 0 Å². The highest BCUT2D eigenvalue weighted by atomic mass is 16.3. The maximum Gasteiger partial charge on any atom is 0.181 e. The summed E-state index contributed by atoms with van der Waals surface area (Å²) in [5.41, 5.74) is 11.3. The summed E-state index contributed by atoms with van der Waals surface area (Å²) >= 11 is 0. The summed E-state index contributed by atoms with van der Waals surface area (Å²) in [4.78, 5) is 4.91. The Morgan fingerprint density at radius 2 is 0.865 bits per heavy atom. The molecule has 12 rings (SSSR count). The van der Waals surface area contributed by atoms with Gasteiger partial charge >= 0.3 is 0 Å². The number of para-hydroxylation sites is 5. The van der Waals surface area contributed by atoms with Gasteiger partial charge in [0, 0.05) is 49.3 Å². The standard InChI is InChI=1S/C47H27N3O2/c1-5-15-38-30(10-1)36-26-28(20-22-40(36)49(38)42-17-9-14-34-32-12-3-7-18-43(32)51-45(34)42)29-21-23-41-37(27-29)31-11-2-6-16-39(31)50(41)47-46-35(24-25-48-47)33-13-4-8-19-44(33)52-46/h1-27H. The number of hydrogen-bond donors (Lipinski definition) is 0. The molecule has 7 aromatic carbocycles. The van der Waals surface area contributed by atoms with Crippen molar-refractivity contribution in [2.45, 2.75) is 0 Å². The minimum atomic E-state index is 0.788. The average molecular weight is 666 g/mol. The lowest BCUT2D eigenvalue weighted by Gasteiger charge is -2.09. The Morgan fingerprint density at radius 1 is 0.365 bits per heavy atom. The molecule has 0 radical (unpaired) electrons. The molecule has 0 unspecified atom stereocenters. The molecule has 5 aromatic heterocycles. The predicted molar refractivity (Wildman–Crippen MR) is 213 cm³/mol. The number of pyridine rings is 1. The zero-order valence-electron chi connectivity index (χ0n) is 27.7. The smallest absolute Gasteiger partial charge is 0.181 e. The third kappa shape index (κ3) is 3.69. The number of fused-ring (bicyclic) bond motifs is 12. The number of benzene rings is 7. The van der Waals surface area contributed by atoms with Crippen molar-refractivity contribution in [3.63, 3.8) is 0 Å². The van der Waals surface area contributed by atoms with Gasteiger partial charge in [0.15, 0.2) is 17.0 Å². The van der Waals surface area contributed by atoms with E-state index in [0.29, 0.717) is 0 Å². The molecule has 0 atom stereocenters. The van der Waals surface area contributed by atoms with Crippen LogP contribution < -0.4 is 0 Å². The maximum atomic E-state index is 6.51. The van der Waals surface area contributed by atoms with Gasteiger partial charge in [-0.1, -0.05) is 97.1 Å². The summed E-state index contributed by atoms with van der Waals surface area (Å²) in [6, 6.07) is 55.8. The normalized spacial score (nSPS) is 12.2. The van der Waals surface area contributed by atoms with E-state index < -0.39 is 0 Å². The Labute approximate surface area is 296 Å². The Morgan fingerprint density at radius 3 is 1.54 bits per heavy atom. The number of nitrogens with zero attached hydrogens (tertiary/aromatic N) is 3. The van der Waals surface area contributed by atoms with Crippen LogP contribution >= 0.6 is 0 Å². The molecular formula is C47H27N3O2. The van der Waals surface area contributed by atoms with Gasteiger partial charge in [-0.3, -0.25) is 4.57 Å². The highest BCUT2D eigenvalue weighted by Crippen LogP contribution is 2.41. The Kier molecular flexibility index (Phi) is 5.44. The van der Waals surface area contributed by atoms with Crippen LogP contribution in [0.4, 0.5) is 0 Å². The van der Waals surface area contributed by atoms with Crippen molar-refractivity contribution < 1.29 is 8.83 Å². The average Bonchev–Trinajstić information content (AvgIpc) is 3.95. The lowest BCUT2D eigenvalue weighted by Crippen LogP contribution is -1.97. The second-order valence-electron chi connectivity index (χ2n) is 13.5. The van der Waals surface area contributed by atoms with Crippen LogP contribution in [-0.4, -0.2) is 14.1 Å². The molecule has 0 fully saturated rings. The highest BCUT2D eigenvalue weighted by molar-refractivity contribution is 6.15. The van der Waals surface area contributed by atoms with E-state index in [9.17, 15) is 0 Å². The van der Waals surface area contributed by atoms with Gasteiger partial charge in [0.2, 0.25) is 0 Å². The van der Waals surface area contributed by atoms with Crippen LogP contribution in [0, 0.1) is 0 Å². The SMILES string of the molecule is c1ccc2c(c1)oc1c(-n3c4ccccc4c4cc(-c5ccc6c(c5)c5ccccc5n6-c5nccc6c5oc5ccccc56)ccc43)cccc12. The lowest BCUT2D eigenvalue weighted by atomic mass is 10.0. The molecule has 0 aliphatic carbocycles. The molecular weight excluding hydrogens is 639 g/mol. The molecule has 5 heterocycles.